The number of aryl methyl sites for hydroxylation is 1. The van der Waals surface area contributed by atoms with Crippen molar-refractivity contribution >= 4 is 17.4 Å². The van der Waals surface area contributed by atoms with Gasteiger partial charge in [0.05, 0.1) is 5.71 Å². The molecule has 3 heterocycles. The topological polar surface area (TPSA) is 84.0 Å². The Bertz CT molecular complexity index is 976. The summed E-state index contributed by atoms with van der Waals surface area (Å²) in [6, 6.07) is 12.3. The van der Waals surface area contributed by atoms with Gasteiger partial charge in [0.2, 0.25) is 5.91 Å². The molecule has 2 saturated heterocycles. The molecule has 7 nitrogen and oxygen atoms in total. The molecule has 2 fully saturated rings. The summed E-state index contributed by atoms with van der Waals surface area (Å²) in [5.41, 5.74) is 10.3. The van der Waals surface area contributed by atoms with Crippen LogP contribution < -0.4 is 5.73 Å². The van der Waals surface area contributed by atoms with E-state index in [1.807, 2.05) is 12.1 Å². The van der Waals surface area contributed by atoms with E-state index in [-0.39, 0.29) is 5.92 Å². The van der Waals surface area contributed by atoms with E-state index in [1.165, 1.54) is 11.1 Å². The molecule has 0 bridgehead atoms. The Morgan fingerprint density at radius 1 is 1.09 bits per heavy atom. The molecule has 0 saturated carbocycles. The van der Waals surface area contributed by atoms with Crippen molar-refractivity contribution in [1.29, 1.82) is 0 Å². The smallest absolute Gasteiger partial charge is 0.225 e. The van der Waals surface area contributed by atoms with Crippen LogP contribution in [0.5, 0.6) is 0 Å². The largest absolute Gasteiger partial charge is 0.399 e. The van der Waals surface area contributed by atoms with E-state index in [0.717, 1.165) is 69.7 Å². The van der Waals surface area contributed by atoms with Crippen LogP contribution in [0.3, 0.4) is 0 Å². The van der Waals surface area contributed by atoms with E-state index < -0.39 is 0 Å². The molecule has 7 heteroatoms. The van der Waals surface area contributed by atoms with E-state index in [1.54, 1.807) is 13.3 Å². The minimum atomic E-state index is 0.129. The van der Waals surface area contributed by atoms with Gasteiger partial charge in [-0.15, -0.1) is 0 Å². The number of carbonyl (C=O) groups excluding carboxylic acids is 1. The molecule has 2 aliphatic rings. The number of amides is 1. The van der Waals surface area contributed by atoms with E-state index in [2.05, 4.69) is 51.1 Å². The third kappa shape index (κ3) is 5.90. The first-order chi connectivity index (χ1) is 16.0. The van der Waals surface area contributed by atoms with Crippen LogP contribution in [0.1, 0.15) is 42.4 Å². The maximum atomic E-state index is 13.2. The van der Waals surface area contributed by atoms with Gasteiger partial charge >= 0.3 is 0 Å². The lowest BCUT2D eigenvalue weighted by Gasteiger charge is -2.37. The predicted molar refractivity (Wildman–Crippen MR) is 131 cm³/mol. The third-order valence-corrected chi connectivity index (χ3v) is 6.89. The van der Waals surface area contributed by atoms with Crippen LogP contribution in [0.15, 0.2) is 47.8 Å². The number of rotatable bonds is 6. The summed E-state index contributed by atoms with van der Waals surface area (Å²) in [5, 5.41) is 4.36. The monoisotopic (exact) mass is 449 g/mol. The highest BCUT2D eigenvalue weighted by molar-refractivity contribution is 6.02. The Balaban J connectivity index is 1.28. The molecule has 0 radical (unpaired) electrons. The average molecular weight is 450 g/mol. The molecule has 176 valence electrons. The number of pyridine rings is 1. The van der Waals surface area contributed by atoms with Crippen molar-refractivity contribution in [2.75, 3.05) is 39.0 Å². The number of hydrogen-bond donors (Lipinski definition) is 1. The average Bonchev–Trinajstić information content (AvgIpc) is 2.83. The van der Waals surface area contributed by atoms with Crippen LogP contribution in [-0.4, -0.2) is 59.7 Å². The van der Waals surface area contributed by atoms with Gasteiger partial charge in [0.15, 0.2) is 0 Å². The number of nitrogen functional groups attached to an aromatic ring is 1. The minimum absolute atomic E-state index is 0.129. The van der Waals surface area contributed by atoms with Gasteiger partial charge in [0.25, 0.3) is 0 Å². The molecule has 0 unspecified atom stereocenters. The molecule has 0 aliphatic carbocycles. The number of oxime groups is 1. The van der Waals surface area contributed by atoms with Gasteiger partial charge in [-0.1, -0.05) is 35.0 Å². The van der Waals surface area contributed by atoms with E-state index in [0.29, 0.717) is 17.6 Å². The zero-order chi connectivity index (χ0) is 23.2. The molecule has 1 aromatic heterocycles. The Kier molecular flexibility index (Phi) is 7.60. The van der Waals surface area contributed by atoms with E-state index in [9.17, 15) is 4.79 Å². The predicted octanol–water partition coefficient (Wildman–Crippen LogP) is 3.47. The van der Waals surface area contributed by atoms with Gasteiger partial charge in [-0.3, -0.25) is 9.69 Å². The Morgan fingerprint density at radius 3 is 2.48 bits per heavy atom. The van der Waals surface area contributed by atoms with Crippen molar-refractivity contribution in [2.24, 2.45) is 17.0 Å². The fourth-order valence-electron chi connectivity index (χ4n) is 5.09. The Hall–Kier alpha value is -2.93. The van der Waals surface area contributed by atoms with Crippen LogP contribution in [-0.2, 0) is 16.2 Å². The molecule has 1 aromatic carbocycles. The first-order valence-corrected chi connectivity index (χ1v) is 11.9. The van der Waals surface area contributed by atoms with Gasteiger partial charge < -0.3 is 15.5 Å². The van der Waals surface area contributed by atoms with Crippen LogP contribution in [0.25, 0.3) is 0 Å². The van der Waals surface area contributed by atoms with Crippen LogP contribution in [0, 0.1) is 18.8 Å². The first-order valence-electron chi connectivity index (χ1n) is 11.9. The summed E-state index contributed by atoms with van der Waals surface area (Å²) in [5.74, 6) is 1.32. The summed E-state index contributed by atoms with van der Waals surface area (Å²) in [4.78, 5) is 26.9. The second-order valence-corrected chi connectivity index (χ2v) is 9.27. The summed E-state index contributed by atoms with van der Waals surface area (Å²) in [6.45, 7) is 6.40. The molecule has 1 amide bonds. The number of piperidine rings is 2. The van der Waals surface area contributed by atoms with Crippen molar-refractivity contribution in [1.82, 2.24) is 14.8 Å². The SMILES string of the molecule is CO/N=C(/c1cccc(C)c1)C1CCN(C(=O)C2CCN(Cc3ccnc(N)c3)CC2)CC1. The second-order valence-electron chi connectivity index (χ2n) is 9.27. The number of benzene rings is 1. The Labute approximate surface area is 196 Å². The number of carbonyl (C=O) groups is 1. The molecule has 33 heavy (non-hydrogen) atoms. The molecule has 2 aliphatic heterocycles. The number of hydrogen-bond acceptors (Lipinski definition) is 6. The summed E-state index contributed by atoms with van der Waals surface area (Å²) in [6.07, 6.45) is 5.43. The van der Waals surface area contributed by atoms with Crippen molar-refractivity contribution in [3.05, 3.63) is 59.3 Å². The summed E-state index contributed by atoms with van der Waals surface area (Å²) in [7, 11) is 1.60. The molecule has 2 aromatic rings. The van der Waals surface area contributed by atoms with Crippen molar-refractivity contribution in [3.63, 3.8) is 0 Å². The zero-order valence-electron chi connectivity index (χ0n) is 19.7. The number of nitrogens with zero attached hydrogens (tertiary/aromatic N) is 4. The van der Waals surface area contributed by atoms with Gasteiger partial charge in [-0.2, -0.15) is 0 Å². The third-order valence-electron chi connectivity index (χ3n) is 6.89. The molecular weight excluding hydrogens is 414 g/mol. The van der Waals surface area contributed by atoms with Gasteiger partial charge in [0, 0.05) is 37.7 Å². The first kappa shape index (κ1) is 23.2. The Morgan fingerprint density at radius 2 is 1.82 bits per heavy atom. The quantitative estimate of drug-likeness (QED) is 0.539. The zero-order valence-corrected chi connectivity index (χ0v) is 19.7. The maximum Gasteiger partial charge on any atom is 0.225 e. The standard InChI is InChI=1S/C26H35N5O2/c1-19-4-3-5-23(16-19)25(29-33-2)21-9-14-31(15-10-21)26(32)22-7-12-30(13-8-22)18-20-6-11-28-24(27)17-20/h3-6,11,16-17,21-22H,7-10,12-15,18H2,1-2H3,(H2,27,28)/b29-25+. The van der Waals surface area contributed by atoms with Crippen molar-refractivity contribution < 1.29 is 9.63 Å². The van der Waals surface area contributed by atoms with Crippen LogP contribution in [0.2, 0.25) is 0 Å². The lowest BCUT2D eigenvalue weighted by atomic mass is 9.86. The molecule has 2 N–H and O–H groups in total. The molecule has 0 atom stereocenters. The number of aromatic nitrogens is 1. The molecular formula is C26H35N5O2. The number of nitrogens with two attached hydrogens (primary N) is 1. The van der Waals surface area contributed by atoms with Gasteiger partial charge in [-0.05, 0) is 69.0 Å². The highest BCUT2D eigenvalue weighted by Gasteiger charge is 2.32. The lowest BCUT2D eigenvalue weighted by molar-refractivity contribution is -0.138. The number of anilines is 1. The number of likely N-dealkylation sites (tertiary alicyclic amines) is 2. The van der Waals surface area contributed by atoms with Crippen LogP contribution in [0.4, 0.5) is 5.82 Å². The molecule has 0 spiro atoms. The van der Waals surface area contributed by atoms with Crippen LogP contribution >= 0.6 is 0 Å². The van der Waals surface area contributed by atoms with Crippen molar-refractivity contribution in [2.45, 2.75) is 39.2 Å². The van der Waals surface area contributed by atoms with Gasteiger partial charge in [-0.25, -0.2) is 4.98 Å². The lowest BCUT2D eigenvalue weighted by Crippen LogP contribution is -2.46. The highest BCUT2D eigenvalue weighted by atomic mass is 16.6. The van der Waals surface area contributed by atoms with Crippen molar-refractivity contribution in [3.8, 4) is 0 Å². The summed E-state index contributed by atoms with van der Waals surface area (Å²) >= 11 is 0. The fraction of sp³-hybridized carbons (Fsp3) is 0.500. The highest BCUT2D eigenvalue weighted by Crippen LogP contribution is 2.27. The maximum absolute atomic E-state index is 13.2. The second kappa shape index (κ2) is 10.8. The van der Waals surface area contributed by atoms with E-state index in [4.69, 9.17) is 10.6 Å². The molecule has 4 rings (SSSR count). The van der Waals surface area contributed by atoms with E-state index >= 15 is 0 Å². The fourth-order valence-corrected chi connectivity index (χ4v) is 5.09. The normalized spacial score (nSPS) is 19.0. The summed E-state index contributed by atoms with van der Waals surface area (Å²) < 4.78 is 0. The van der Waals surface area contributed by atoms with Gasteiger partial charge in [0.1, 0.15) is 12.9 Å². The minimum Gasteiger partial charge on any atom is -0.399 e.